The van der Waals surface area contributed by atoms with Gasteiger partial charge in [0.1, 0.15) is 0 Å². The SMILES string of the molecule is CC(C)(C)c1ccc(CN2CCN(CCc3ccccn3)CC2)cc1. The molecule has 0 amide bonds. The fourth-order valence-corrected chi connectivity index (χ4v) is 3.36. The van der Waals surface area contributed by atoms with E-state index in [4.69, 9.17) is 0 Å². The van der Waals surface area contributed by atoms with Crippen molar-refractivity contribution in [3.8, 4) is 0 Å². The molecule has 0 spiro atoms. The Labute approximate surface area is 152 Å². The molecule has 0 bridgehead atoms. The Bertz CT molecular complexity index is 635. The smallest absolute Gasteiger partial charge is 0.0416 e. The van der Waals surface area contributed by atoms with Crippen molar-refractivity contribution in [1.29, 1.82) is 0 Å². The summed E-state index contributed by atoms with van der Waals surface area (Å²) in [5.74, 6) is 0. The summed E-state index contributed by atoms with van der Waals surface area (Å²) in [4.78, 5) is 9.56. The Balaban J connectivity index is 1.43. The Morgan fingerprint density at radius 3 is 2.16 bits per heavy atom. The van der Waals surface area contributed by atoms with Gasteiger partial charge in [-0.2, -0.15) is 0 Å². The Morgan fingerprint density at radius 1 is 0.880 bits per heavy atom. The van der Waals surface area contributed by atoms with Gasteiger partial charge in [-0.1, -0.05) is 51.1 Å². The minimum Gasteiger partial charge on any atom is -0.300 e. The zero-order valence-electron chi connectivity index (χ0n) is 15.9. The van der Waals surface area contributed by atoms with Crippen LogP contribution in [0.1, 0.15) is 37.6 Å². The van der Waals surface area contributed by atoms with Crippen molar-refractivity contribution in [2.24, 2.45) is 0 Å². The Kier molecular flexibility index (Phi) is 5.87. The van der Waals surface area contributed by atoms with E-state index in [-0.39, 0.29) is 5.41 Å². The standard InChI is InChI=1S/C22H31N3/c1-22(2,3)20-9-7-19(8-10-20)18-25-16-14-24(15-17-25)13-11-21-6-4-5-12-23-21/h4-10,12H,11,13-18H2,1-3H3. The van der Waals surface area contributed by atoms with Crippen LogP contribution in [0.25, 0.3) is 0 Å². The molecule has 0 radical (unpaired) electrons. The molecule has 134 valence electrons. The predicted molar refractivity (Wildman–Crippen MR) is 105 cm³/mol. The second-order valence-corrected chi connectivity index (χ2v) is 8.14. The van der Waals surface area contributed by atoms with Gasteiger partial charge < -0.3 is 4.90 Å². The summed E-state index contributed by atoms with van der Waals surface area (Å²) >= 11 is 0. The first-order chi connectivity index (χ1) is 12.0. The molecule has 0 aliphatic carbocycles. The number of hydrogen-bond donors (Lipinski definition) is 0. The van der Waals surface area contributed by atoms with Crippen molar-refractivity contribution < 1.29 is 0 Å². The molecule has 1 aromatic carbocycles. The van der Waals surface area contributed by atoms with Crippen LogP contribution in [0.2, 0.25) is 0 Å². The summed E-state index contributed by atoms with van der Waals surface area (Å²) in [6.45, 7) is 13.6. The molecule has 1 saturated heterocycles. The van der Waals surface area contributed by atoms with Crippen LogP contribution in [0, 0.1) is 0 Å². The highest BCUT2D eigenvalue weighted by molar-refractivity contribution is 5.27. The number of pyridine rings is 1. The lowest BCUT2D eigenvalue weighted by atomic mass is 9.87. The van der Waals surface area contributed by atoms with Crippen molar-refractivity contribution in [2.45, 2.75) is 39.2 Å². The molecule has 0 saturated carbocycles. The molecule has 2 heterocycles. The molecule has 0 atom stereocenters. The van der Waals surface area contributed by atoms with E-state index in [0.29, 0.717) is 0 Å². The maximum absolute atomic E-state index is 4.42. The van der Waals surface area contributed by atoms with Crippen LogP contribution in [0.15, 0.2) is 48.7 Å². The van der Waals surface area contributed by atoms with Crippen LogP contribution in [0.3, 0.4) is 0 Å². The van der Waals surface area contributed by atoms with Gasteiger partial charge in [-0.05, 0) is 28.7 Å². The lowest BCUT2D eigenvalue weighted by molar-refractivity contribution is 0.128. The summed E-state index contributed by atoms with van der Waals surface area (Å²) < 4.78 is 0. The number of hydrogen-bond acceptors (Lipinski definition) is 3. The lowest BCUT2D eigenvalue weighted by Crippen LogP contribution is -2.46. The molecule has 0 N–H and O–H groups in total. The van der Waals surface area contributed by atoms with Crippen LogP contribution < -0.4 is 0 Å². The quantitative estimate of drug-likeness (QED) is 0.828. The van der Waals surface area contributed by atoms with E-state index in [0.717, 1.165) is 45.7 Å². The maximum Gasteiger partial charge on any atom is 0.0416 e. The van der Waals surface area contributed by atoms with Gasteiger partial charge in [0.05, 0.1) is 0 Å². The third-order valence-electron chi connectivity index (χ3n) is 5.10. The largest absolute Gasteiger partial charge is 0.300 e. The van der Waals surface area contributed by atoms with E-state index in [1.165, 1.54) is 16.8 Å². The van der Waals surface area contributed by atoms with Gasteiger partial charge in [-0.3, -0.25) is 9.88 Å². The first kappa shape index (κ1) is 18.1. The van der Waals surface area contributed by atoms with E-state index in [1.54, 1.807) is 0 Å². The molecule has 1 aliphatic heterocycles. The average molecular weight is 338 g/mol. The second-order valence-electron chi connectivity index (χ2n) is 8.14. The molecule has 3 heteroatoms. The van der Waals surface area contributed by atoms with E-state index >= 15 is 0 Å². The number of aromatic nitrogens is 1. The normalized spacial score (nSPS) is 16.9. The number of piperazine rings is 1. The lowest BCUT2D eigenvalue weighted by Gasteiger charge is -2.34. The molecule has 3 rings (SSSR count). The van der Waals surface area contributed by atoms with Crippen molar-refractivity contribution in [1.82, 2.24) is 14.8 Å². The van der Waals surface area contributed by atoms with Gasteiger partial charge in [-0.15, -0.1) is 0 Å². The summed E-state index contributed by atoms with van der Waals surface area (Å²) in [6, 6.07) is 15.4. The van der Waals surface area contributed by atoms with Gasteiger partial charge in [0.2, 0.25) is 0 Å². The fourth-order valence-electron chi connectivity index (χ4n) is 3.36. The zero-order chi connectivity index (χ0) is 17.7. The minimum absolute atomic E-state index is 0.234. The van der Waals surface area contributed by atoms with Crippen LogP contribution in [-0.4, -0.2) is 47.5 Å². The number of benzene rings is 1. The molecule has 1 aromatic heterocycles. The van der Waals surface area contributed by atoms with Crippen molar-refractivity contribution >= 4 is 0 Å². The van der Waals surface area contributed by atoms with Crippen LogP contribution in [0.5, 0.6) is 0 Å². The molecule has 3 nitrogen and oxygen atoms in total. The molecule has 0 unspecified atom stereocenters. The van der Waals surface area contributed by atoms with E-state index in [9.17, 15) is 0 Å². The highest BCUT2D eigenvalue weighted by atomic mass is 15.3. The van der Waals surface area contributed by atoms with Gasteiger partial charge in [0.15, 0.2) is 0 Å². The molecule has 1 aliphatic rings. The minimum atomic E-state index is 0.234. The maximum atomic E-state index is 4.42. The van der Waals surface area contributed by atoms with Crippen LogP contribution >= 0.6 is 0 Å². The van der Waals surface area contributed by atoms with Gasteiger partial charge in [0, 0.05) is 57.6 Å². The second kappa shape index (κ2) is 8.11. The van der Waals surface area contributed by atoms with E-state index < -0.39 is 0 Å². The van der Waals surface area contributed by atoms with Crippen molar-refractivity contribution in [3.63, 3.8) is 0 Å². The number of nitrogens with zero attached hydrogens (tertiary/aromatic N) is 3. The first-order valence-electron chi connectivity index (χ1n) is 9.45. The summed E-state index contributed by atoms with van der Waals surface area (Å²) in [6.07, 6.45) is 2.94. The van der Waals surface area contributed by atoms with E-state index in [1.807, 2.05) is 12.3 Å². The first-order valence-corrected chi connectivity index (χ1v) is 9.45. The third kappa shape index (κ3) is 5.38. The molecule has 2 aromatic rings. The van der Waals surface area contributed by atoms with Crippen LogP contribution in [0.4, 0.5) is 0 Å². The highest BCUT2D eigenvalue weighted by Gasteiger charge is 2.17. The molecular weight excluding hydrogens is 306 g/mol. The van der Waals surface area contributed by atoms with Gasteiger partial charge in [-0.25, -0.2) is 0 Å². The fraction of sp³-hybridized carbons (Fsp3) is 0.500. The third-order valence-corrected chi connectivity index (χ3v) is 5.10. The van der Waals surface area contributed by atoms with Gasteiger partial charge >= 0.3 is 0 Å². The molecule has 1 fully saturated rings. The number of rotatable bonds is 5. The van der Waals surface area contributed by atoms with E-state index in [2.05, 4.69) is 72.0 Å². The Hall–Kier alpha value is -1.71. The zero-order valence-corrected chi connectivity index (χ0v) is 15.9. The molecular formula is C22H31N3. The van der Waals surface area contributed by atoms with Crippen molar-refractivity contribution in [3.05, 3.63) is 65.5 Å². The highest BCUT2D eigenvalue weighted by Crippen LogP contribution is 2.22. The summed E-state index contributed by atoms with van der Waals surface area (Å²) in [5.41, 5.74) is 4.27. The topological polar surface area (TPSA) is 19.4 Å². The van der Waals surface area contributed by atoms with Gasteiger partial charge in [0.25, 0.3) is 0 Å². The van der Waals surface area contributed by atoms with Crippen molar-refractivity contribution in [2.75, 3.05) is 32.7 Å². The monoisotopic (exact) mass is 337 g/mol. The average Bonchev–Trinajstić information content (AvgIpc) is 2.62. The summed E-state index contributed by atoms with van der Waals surface area (Å²) in [5, 5.41) is 0. The summed E-state index contributed by atoms with van der Waals surface area (Å²) in [7, 11) is 0. The molecule has 25 heavy (non-hydrogen) atoms. The van der Waals surface area contributed by atoms with Crippen LogP contribution in [-0.2, 0) is 18.4 Å². The predicted octanol–water partition coefficient (Wildman–Crippen LogP) is 3.74. The Morgan fingerprint density at radius 2 is 1.56 bits per heavy atom.